The van der Waals surface area contributed by atoms with E-state index in [2.05, 4.69) is 4.72 Å². The second kappa shape index (κ2) is 5.26. The number of rotatable bonds is 3. The molecule has 0 atom stereocenters. The number of anilines is 1. The molecule has 0 aliphatic carbocycles. The van der Waals surface area contributed by atoms with Crippen LogP contribution in [0.25, 0.3) is 10.2 Å². The van der Waals surface area contributed by atoms with E-state index < -0.39 is 10.0 Å². The van der Waals surface area contributed by atoms with Gasteiger partial charge >= 0.3 is 4.87 Å². The fourth-order valence-electron chi connectivity index (χ4n) is 2.13. The number of sulfonamides is 1. The van der Waals surface area contributed by atoms with Crippen LogP contribution >= 0.6 is 11.3 Å². The molecule has 3 aromatic rings. The molecule has 0 unspecified atom stereocenters. The third kappa shape index (κ3) is 2.65. The summed E-state index contributed by atoms with van der Waals surface area (Å²) in [6.45, 7) is 1.90. The van der Waals surface area contributed by atoms with E-state index in [1.54, 1.807) is 49.5 Å². The first-order valence-electron chi connectivity index (χ1n) is 6.56. The molecule has 0 aliphatic rings. The summed E-state index contributed by atoms with van der Waals surface area (Å²) in [6, 6.07) is 11.7. The van der Waals surface area contributed by atoms with Gasteiger partial charge in [0.2, 0.25) is 0 Å². The van der Waals surface area contributed by atoms with Gasteiger partial charge < -0.3 is 4.57 Å². The van der Waals surface area contributed by atoms with Crippen molar-refractivity contribution in [3.05, 3.63) is 57.7 Å². The van der Waals surface area contributed by atoms with Gasteiger partial charge in [-0.15, -0.1) is 0 Å². The van der Waals surface area contributed by atoms with Crippen LogP contribution < -0.4 is 9.60 Å². The number of aromatic nitrogens is 1. The van der Waals surface area contributed by atoms with Crippen LogP contribution in [0.2, 0.25) is 0 Å². The highest BCUT2D eigenvalue weighted by Gasteiger charge is 2.14. The summed E-state index contributed by atoms with van der Waals surface area (Å²) >= 11 is 1.09. The van der Waals surface area contributed by atoms with E-state index in [0.717, 1.165) is 27.1 Å². The van der Waals surface area contributed by atoms with Gasteiger partial charge in [0.25, 0.3) is 10.0 Å². The number of thiazole rings is 1. The van der Waals surface area contributed by atoms with Gasteiger partial charge in [-0.25, -0.2) is 8.42 Å². The van der Waals surface area contributed by atoms with Gasteiger partial charge in [0, 0.05) is 7.05 Å². The second-order valence-corrected chi connectivity index (χ2v) is 7.70. The summed E-state index contributed by atoms with van der Waals surface area (Å²) in [7, 11) is -1.94. The molecule has 0 aliphatic heterocycles. The summed E-state index contributed by atoms with van der Waals surface area (Å²) in [4.78, 5) is 11.8. The molecule has 0 bridgehead atoms. The number of hydrogen-bond donors (Lipinski definition) is 1. The molecule has 22 heavy (non-hydrogen) atoms. The molecule has 1 N–H and O–H groups in total. The largest absolute Gasteiger partial charge is 0.307 e. The Morgan fingerprint density at radius 2 is 1.77 bits per heavy atom. The van der Waals surface area contributed by atoms with Crippen molar-refractivity contribution in [1.82, 2.24) is 4.57 Å². The molecule has 0 radical (unpaired) electrons. The highest BCUT2D eigenvalue weighted by atomic mass is 32.2. The summed E-state index contributed by atoms with van der Waals surface area (Å²) in [6.07, 6.45) is 0. The predicted molar refractivity (Wildman–Crippen MR) is 89.1 cm³/mol. The standard InChI is InChI=1S/C15H14N2O3S2/c1-10-3-6-12(7-4-10)22(19,20)16-11-5-8-13-14(9-11)21-15(18)17(13)2/h3-9,16H,1-2H3. The third-order valence-electron chi connectivity index (χ3n) is 3.38. The van der Waals surface area contributed by atoms with Crippen LogP contribution in [0.1, 0.15) is 5.56 Å². The molecule has 5 nitrogen and oxygen atoms in total. The zero-order valence-corrected chi connectivity index (χ0v) is 13.7. The lowest BCUT2D eigenvalue weighted by atomic mass is 10.2. The molecule has 2 aromatic carbocycles. The molecular weight excluding hydrogens is 320 g/mol. The number of fused-ring (bicyclic) bond motifs is 1. The van der Waals surface area contributed by atoms with Gasteiger partial charge in [0.15, 0.2) is 0 Å². The van der Waals surface area contributed by atoms with Crippen LogP contribution in [0.3, 0.4) is 0 Å². The maximum atomic E-state index is 12.3. The SMILES string of the molecule is Cc1ccc(S(=O)(=O)Nc2ccc3c(c2)sc(=O)n3C)cc1. The maximum Gasteiger partial charge on any atom is 0.307 e. The Kier molecular flexibility index (Phi) is 3.54. The maximum absolute atomic E-state index is 12.3. The van der Waals surface area contributed by atoms with Gasteiger partial charge in [-0.1, -0.05) is 29.0 Å². The molecule has 0 saturated carbocycles. The van der Waals surface area contributed by atoms with Crippen molar-refractivity contribution in [2.45, 2.75) is 11.8 Å². The lowest BCUT2D eigenvalue weighted by molar-refractivity contribution is 0.601. The van der Waals surface area contributed by atoms with E-state index in [1.165, 1.54) is 4.57 Å². The quantitative estimate of drug-likeness (QED) is 0.801. The fourth-order valence-corrected chi connectivity index (χ4v) is 4.10. The van der Waals surface area contributed by atoms with Crippen LogP contribution in [0.4, 0.5) is 5.69 Å². The van der Waals surface area contributed by atoms with Gasteiger partial charge in [-0.2, -0.15) is 0 Å². The fraction of sp³-hybridized carbons (Fsp3) is 0.133. The number of hydrogen-bond acceptors (Lipinski definition) is 4. The highest BCUT2D eigenvalue weighted by Crippen LogP contribution is 2.23. The van der Waals surface area contributed by atoms with Crippen molar-refractivity contribution in [3.63, 3.8) is 0 Å². The van der Waals surface area contributed by atoms with Crippen LogP contribution in [0.5, 0.6) is 0 Å². The van der Waals surface area contributed by atoms with Crippen LogP contribution in [-0.4, -0.2) is 13.0 Å². The predicted octanol–water partition coefficient (Wildman–Crippen LogP) is 2.71. The van der Waals surface area contributed by atoms with Gasteiger partial charge in [0.05, 0.1) is 20.8 Å². The first kappa shape index (κ1) is 14.8. The summed E-state index contributed by atoms with van der Waals surface area (Å²) in [5.74, 6) is 0. The molecule has 0 fully saturated rings. The van der Waals surface area contributed by atoms with Crippen molar-refractivity contribution in [3.8, 4) is 0 Å². The first-order chi connectivity index (χ1) is 10.4. The number of benzene rings is 2. The van der Waals surface area contributed by atoms with E-state index in [9.17, 15) is 13.2 Å². The Bertz CT molecular complexity index is 999. The molecule has 114 valence electrons. The lowest BCUT2D eigenvalue weighted by Crippen LogP contribution is -2.12. The molecule has 0 spiro atoms. The second-order valence-electron chi connectivity index (χ2n) is 5.03. The van der Waals surface area contributed by atoms with Crippen molar-refractivity contribution in [1.29, 1.82) is 0 Å². The monoisotopic (exact) mass is 334 g/mol. The van der Waals surface area contributed by atoms with Gasteiger partial charge in [-0.05, 0) is 37.3 Å². The zero-order valence-electron chi connectivity index (χ0n) is 12.0. The lowest BCUT2D eigenvalue weighted by Gasteiger charge is -2.08. The van der Waals surface area contributed by atoms with E-state index >= 15 is 0 Å². The first-order valence-corrected chi connectivity index (χ1v) is 8.86. The van der Waals surface area contributed by atoms with Crippen molar-refractivity contribution in [2.24, 2.45) is 7.05 Å². The Balaban J connectivity index is 1.98. The topological polar surface area (TPSA) is 68.2 Å². The van der Waals surface area contributed by atoms with E-state index in [1.807, 2.05) is 6.92 Å². The molecule has 1 heterocycles. The minimum Gasteiger partial charge on any atom is -0.302 e. The minimum absolute atomic E-state index is 0.0754. The average Bonchev–Trinajstić information content (AvgIpc) is 2.73. The van der Waals surface area contributed by atoms with Crippen molar-refractivity contribution in [2.75, 3.05) is 4.72 Å². The summed E-state index contributed by atoms with van der Waals surface area (Å²) in [5, 5.41) is 0. The molecule has 0 amide bonds. The highest BCUT2D eigenvalue weighted by molar-refractivity contribution is 7.92. The van der Waals surface area contributed by atoms with E-state index in [0.29, 0.717) is 5.69 Å². The summed E-state index contributed by atoms with van der Waals surface area (Å²) in [5.41, 5.74) is 2.22. The Labute approximate surface area is 131 Å². The Hall–Kier alpha value is -2.12. The molecule has 3 rings (SSSR count). The number of aryl methyl sites for hydroxylation is 2. The molecule has 1 aromatic heterocycles. The average molecular weight is 334 g/mol. The van der Waals surface area contributed by atoms with E-state index in [4.69, 9.17) is 0 Å². The number of nitrogens with one attached hydrogen (secondary N) is 1. The van der Waals surface area contributed by atoms with Gasteiger partial charge in [-0.3, -0.25) is 9.52 Å². The zero-order chi connectivity index (χ0) is 15.9. The van der Waals surface area contributed by atoms with Gasteiger partial charge in [0.1, 0.15) is 0 Å². The van der Waals surface area contributed by atoms with Crippen LogP contribution in [-0.2, 0) is 17.1 Å². The Morgan fingerprint density at radius 1 is 1.09 bits per heavy atom. The number of nitrogens with zero attached hydrogens (tertiary/aromatic N) is 1. The van der Waals surface area contributed by atoms with Crippen LogP contribution in [0, 0.1) is 6.92 Å². The molecule has 0 saturated heterocycles. The third-order valence-corrected chi connectivity index (χ3v) is 5.77. The molecule has 7 heteroatoms. The van der Waals surface area contributed by atoms with E-state index in [-0.39, 0.29) is 9.77 Å². The smallest absolute Gasteiger partial charge is 0.302 e. The van der Waals surface area contributed by atoms with Crippen LogP contribution in [0.15, 0.2) is 52.2 Å². The normalized spacial score (nSPS) is 11.7. The molecular formula is C15H14N2O3S2. The van der Waals surface area contributed by atoms with Crippen molar-refractivity contribution >= 4 is 37.3 Å². The Morgan fingerprint density at radius 3 is 2.45 bits per heavy atom. The summed E-state index contributed by atoms with van der Waals surface area (Å²) < 4.78 is 29.5. The van der Waals surface area contributed by atoms with Crippen molar-refractivity contribution < 1.29 is 8.42 Å². The minimum atomic E-state index is -3.63.